The number of ether oxygens (including phenoxy) is 2. The first-order chi connectivity index (χ1) is 11.7. The lowest BCUT2D eigenvalue weighted by Gasteiger charge is -2.22. The fraction of sp³-hybridized carbons (Fsp3) is 0.500. The number of nitrogens with one attached hydrogen (secondary N) is 1. The molecule has 2 heterocycles. The molecule has 0 atom stereocenters. The summed E-state index contributed by atoms with van der Waals surface area (Å²) in [5, 5.41) is 14.8. The Balaban J connectivity index is 1.43. The van der Waals surface area contributed by atoms with Gasteiger partial charge in [0.05, 0.1) is 7.05 Å². The van der Waals surface area contributed by atoms with Crippen molar-refractivity contribution in [2.45, 2.75) is 12.8 Å². The molecule has 3 rings (SSSR count). The molecule has 0 unspecified atom stereocenters. The fourth-order valence-corrected chi connectivity index (χ4v) is 2.51. The van der Waals surface area contributed by atoms with Gasteiger partial charge in [-0.1, -0.05) is 0 Å². The summed E-state index contributed by atoms with van der Waals surface area (Å²) in [7, 11) is 1.72. The lowest BCUT2D eigenvalue weighted by molar-refractivity contribution is -0.123. The zero-order valence-corrected chi connectivity index (χ0v) is 13.6. The van der Waals surface area contributed by atoms with Gasteiger partial charge >= 0.3 is 0 Å². The van der Waals surface area contributed by atoms with Gasteiger partial charge in [0, 0.05) is 25.3 Å². The second-order valence-electron chi connectivity index (χ2n) is 5.78. The van der Waals surface area contributed by atoms with Crippen molar-refractivity contribution in [3.05, 3.63) is 24.3 Å². The van der Waals surface area contributed by atoms with Crippen molar-refractivity contribution in [2.75, 3.05) is 26.4 Å². The number of aromatic nitrogens is 4. The molecule has 1 N–H and O–H groups in total. The van der Waals surface area contributed by atoms with E-state index < -0.39 is 0 Å². The zero-order chi connectivity index (χ0) is 16.8. The number of tetrazole rings is 1. The van der Waals surface area contributed by atoms with Gasteiger partial charge in [0.1, 0.15) is 5.75 Å². The molecule has 1 amide bonds. The highest BCUT2D eigenvalue weighted by Crippen LogP contribution is 2.18. The third kappa shape index (κ3) is 4.51. The number of aryl methyl sites for hydroxylation is 1. The Hall–Kier alpha value is -2.48. The Morgan fingerprint density at radius 1 is 1.33 bits per heavy atom. The van der Waals surface area contributed by atoms with E-state index in [-0.39, 0.29) is 12.5 Å². The second kappa shape index (κ2) is 7.87. The number of rotatable bonds is 6. The van der Waals surface area contributed by atoms with Crippen LogP contribution in [0.4, 0.5) is 0 Å². The van der Waals surface area contributed by atoms with Crippen molar-refractivity contribution in [1.29, 1.82) is 0 Å². The number of carbonyl (C=O) groups is 1. The van der Waals surface area contributed by atoms with E-state index in [1.165, 1.54) is 4.80 Å². The van der Waals surface area contributed by atoms with E-state index in [0.29, 0.717) is 24.0 Å². The average Bonchev–Trinajstić information content (AvgIpc) is 3.06. The summed E-state index contributed by atoms with van der Waals surface area (Å²) < 4.78 is 10.8. The highest BCUT2D eigenvalue weighted by molar-refractivity contribution is 5.77. The quantitative estimate of drug-likeness (QED) is 0.842. The summed E-state index contributed by atoms with van der Waals surface area (Å²) in [6, 6.07) is 7.26. The minimum Gasteiger partial charge on any atom is -0.484 e. The molecule has 8 nitrogen and oxygen atoms in total. The molecule has 0 radical (unpaired) electrons. The Bertz CT molecular complexity index is 665. The molecule has 2 aromatic rings. The standard InChI is InChI=1S/C16H21N5O3/c1-21-19-16(18-20-21)13-2-4-14(5-3-13)24-11-15(22)17-10-12-6-8-23-9-7-12/h2-5,12H,6-11H2,1H3,(H,17,22). The van der Waals surface area contributed by atoms with E-state index in [2.05, 4.69) is 20.7 Å². The summed E-state index contributed by atoms with van der Waals surface area (Å²) in [5.74, 6) is 1.57. The summed E-state index contributed by atoms with van der Waals surface area (Å²) in [5.41, 5.74) is 0.847. The number of carbonyl (C=O) groups excluding carboxylic acids is 1. The smallest absolute Gasteiger partial charge is 0.257 e. The average molecular weight is 331 g/mol. The van der Waals surface area contributed by atoms with Crippen LogP contribution in [0.3, 0.4) is 0 Å². The van der Waals surface area contributed by atoms with Gasteiger partial charge in [-0.3, -0.25) is 4.79 Å². The van der Waals surface area contributed by atoms with Crippen LogP contribution in [0.1, 0.15) is 12.8 Å². The first-order valence-corrected chi connectivity index (χ1v) is 8.02. The van der Waals surface area contributed by atoms with Crippen LogP contribution in [0.25, 0.3) is 11.4 Å². The molecule has 1 saturated heterocycles. The number of amides is 1. The van der Waals surface area contributed by atoms with Crippen LogP contribution in [0.15, 0.2) is 24.3 Å². The molecule has 0 saturated carbocycles. The van der Waals surface area contributed by atoms with Crippen LogP contribution in [0.2, 0.25) is 0 Å². The topological polar surface area (TPSA) is 91.2 Å². The SMILES string of the molecule is Cn1nnc(-c2ccc(OCC(=O)NCC3CCOCC3)cc2)n1. The van der Waals surface area contributed by atoms with Crippen molar-refractivity contribution in [3.8, 4) is 17.1 Å². The molecular weight excluding hydrogens is 310 g/mol. The largest absolute Gasteiger partial charge is 0.484 e. The minimum atomic E-state index is -0.110. The van der Waals surface area contributed by atoms with Gasteiger partial charge in [0.2, 0.25) is 5.82 Å². The monoisotopic (exact) mass is 331 g/mol. The molecule has 0 aliphatic carbocycles. The highest BCUT2D eigenvalue weighted by atomic mass is 16.5. The Morgan fingerprint density at radius 2 is 2.08 bits per heavy atom. The summed E-state index contributed by atoms with van der Waals surface area (Å²) >= 11 is 0. The third-order valence-corrected chi connectivity index (χ3v) is 3.92. The molecule has 8 heteroatoms. The van der Waals surface area contributed by atoms with Crippen molar-refractivity contribution in [3.63, 3.8) is 0 Å². The number of hydrogen-bond acceptors (Lipinski definition) is 6. The second-order valence-corrected chi connectivity index (χ2v) is 5.78. The van der Waals surface area contributed by atoms with Crippen molar-refractivity contribution in [1.82, 2.24) is 25.5 Å². The predicted molar refractivity (Wildman–Crippen MR) is 86.3 cm³/mol. The molecule has 128 valence electrons. The van der Waals surface area contributed by atoms with Crippen LogP contribution >= 0.6 is 0 Å². The van der Waals surface area contributed by atoms with Crippen LogP contribution in [-0.4, -0.2) is 52.5 Å². The van der Waals surface area contributed by atoms with E-state index >= 15 is 0 Å². The van der Waals surface area contributed by atoms with E-state index in [4.69, 9.17) is 9.47 Å². The van der Waals surface area contributed by atoms with Crippen molar-refractivity contribution >= 4 is 5.91 Å². The van der Waals surface area contributed by atoms with E-state index in [1.807, 2.05) is 12.1 Å². The maximum Gasteiger partial charge on any atom is 0.257 e. The van der Waals surface area contributed by atoms with Gasteiger partial charge in [0.15, 0.2) is 6.61 Å². The minimum absolute atomic E-state index is 0.00591. The summed E-state index contributed by atoms with van der Waals surface area (Å²) in [6.45, 7) is 2.25. The van der Waals surface area contributed by atoms with Crippen LogP contribution in [-0.2, 0) is 16.6 Å². The molecule has 1 aliphatic heterocycles. The molecule has 0 spiro atoms. The first kappa shape index (κ1) is 16.4. The van der Waals surface area contributed by atoms with Crippen molar-refractivity contribution in [2.24, 2.45) is 13.0 Å². The molecule has 1 aromatic carbocycles. The van der Waals surface area contributed by atoms with Crippen LogP contribution < -0.4 is 10.1 Å². The first-order valence-electron chi connectivity index (χ1n) is 8.02. The van der Waals surface area contributed by atoms with E-state index in [0.717, 1.165) is 31.6 Å². The molecule has 1 aromatic heterocycles. The molecule has 1 aliphatic rings. The molecule has 1 fully saturated rings. The molecule has 24 heavy (non-hydrogen) atoms. The van der Waals surface area contributed by atoms with Crippen LogP contribution in [0, 0.1) is 5.92 Å². The Morgan fingerprint density at radius 3 is 2.75 bits per heavy atom. The molecular formula is C16H21N5O3. The lowest BCUT2D eigenvalue weighted by Crippen LogP contribution is -2.35. The lowest BCUT2D eigenvalue weighted by atomic mass is 10.0. The summed E-state index contributed by atoms with van der Waals surface area (Å²) in [6.07, 6.45) is 2.00. The fourth-order valence-electron chi connectivity index (χ4n) is 2.51. The normalized spacial score (nSPS) is 15.2. The Labute approximate surface area is 140 Å². The van der Waals surface area contributed by atoms with Gasteiger partial charge < -0.3 is 14.8 Å². The number of nitrogens with zero attached hydrogens (tertiary/aromatic N) is 4. The third-order valence-electron chi connectivity index (χ3n) is 3.92. The summed E-state index contributed by atoms with van der Waals surface area (Å²) in [4.78, 5) is 13.3. The maximum atomic E-state index is 11.9. The van der Waals surface area contributed by atoms with Gasteiger partial charge in [-0.2, -0.15) is 4.80 Å². The number of hydrogen-bond donors (Lipinski definition) is 1. The zero-order valence-electron chi connectivity index (χ0n) is 13.6. The predicted octanol–water partition coefficient (Wildman–Crippen LogP) is 0.799. The molecule has 0 bridgehead atoms. The van der Waals surface area contributed by atoms with Crippen LogP contribution in [0.5, 0.6) is 5.75 Å². The van der Waals surface area contributed by atoms with Gasteiger partial charge in [-0.15, -0.1) is 10.2 Å². The van der Waals surface area contributed by atoms with Crippen molar-refractivity contribution < 1.29 is 14.3 Å². The highest BCUT2D eigenvalue weighted by Gasteiger charge is 2.14. The Kier molecular flexibility index (Phi) is 5.37. The maximum absolute atomic E-state index is 11.9. The van der Waals surface area contributed by atoms with E-state index in [9.17, 15) is 4.79 Å². The van der Waals surface area contributed by atoms with Gasteiger partial charge in [0.25, 0.3) is 5.91 Å². The van der Waals surface area contributed by atoms with Gasteiger partial charge in [-0.05, 0) is 48.2 Å². The van der Waals surface area contributed by atoms with E-state index in [1.54, 1.807) is 19.2 Å². The number of benzene rings is 1. The van der Waals surface area contributed by atoms with Gasteiger partial charge in [-0.25, -0.2) is 0 Å².